The second-order valence-electron chi connectivity index (χ2n) is 6.65. The molecule has 0 unspecified atom stereocenters. The minimum absolute atomic E-state index is 0.126. The first-order valence-corrected chi connectivity index (χ1v) is 8.79. The lowest BCUT2D eigenvalue weighted by atomic mass is 10.0. The van der Waals surface area contributed by atoms with Gasteiger partial charge >= 0.3 is 0 Å². The molecule has 1 N–H and O–H groups in total. The molecule has 24 heavy (non-hydrogen) atoms. The van der Waals surface area contributed by atoms with Crippen molar-refractivity contribution in [2.24, 2.45) is 5.92 Å². The van der Waals surface area contributed by atoms with E-state index in [0.29, 0.717) is 25.4 Å². The Morgan fingerprint density at radius 3 is 2.62 bits per heavy atom. The average molecular weight is 327 g/mol. The molecule has 1 aliphatic carbocycles. The maximum Gasteiger partial charge on any atom is 0.223 e. The number of carbonyl (C=O) groups excluding carboxylic acids is 1. The zero-order chi connectivity index (χ0) is 16.8. The van der Waals surface area contributed by atoms with Crippen LogP contribution in [0, 0.1) is 5.92 Å². The van der Waals surface area contributed by atoms with E-state index in [1.165, 1.54) is 25.7 Å². The third kappa shape index (κ3) is 4.40. The fourth-order valence-corrected chi connectivity index (χ4v) is 3.46. The Labute approximate surface area is 143 Å². The quantitative estimate of drug-likeness (QED) is 0.815. The van der Waals surface area contributed by atoms with Crippen molar-refractivity contribution in [1.82, 2.24) is 4.90 Å². The predicted molar refractivity (Wildman–Crippen MR) is 92.3 cm³/mol. The fourth-order valence-electron chi connectivity index (χ4n) is 3.46. The molecule has 0 spiro atoms. The van der Waals surface area contributed by atoms with Crippen LogP contribution in [0.25, 0.3) is 0 Å². The number of hydrogen-bond acceptors (Lipinski definition) is 3. The number of rotatable bonds is 7. The molecular weight excluding hydrogens is 302 g/mol. The molecule has 0 radical (unpaired) electrons. The van der Waals surface area contributed by atoms with Crippen molar-refractivity contribution in [3.05, 3.63) is 54.0 Å². The van der Waals surface area contributed by atoms with Crippen molar-refractivity contribution in [2.45, 2.75) is 51.6 Å². The zero-order valence-electron chi connectivity index (χ0n) is 14.0. The Bertz CT molecular complexity index is 645. The summed E-state index contributed by atoms with van der Waals surface area (Å²) >= 11 is 0. The lowest BCUT2D eigenvalue weighted by Gasteiger charge is -2.23. The highest BCUT2D eigenvalue weighted by Gasteiger charge is 2.20. The molecule has 1 aromatic heterocycles. The molecule has 3 rings (SSSR count). The Hall–Kier alpha value is -2.23. The van der Waals surface area contributed by atoms with Crippen LogP contribution in [0.15, 0.2) is 47.1 Å². The van der Waals surface area contributed by atoms with Gasteiger partial charge in [0.05, 0.1) is 12.8 Å². The Morgan fingerprint density at radius 2 is 1.92 bits per heavy atom. The van der Waals surface area contributed by atoms with E-state index >= 15 is 0 Å². The molecule has 0 bridgehead atoms. The fraction of sp³-hybridized carbons (Fsp3) is 0.450. The van der Waals surface area contributed by atoms with Crippen molar-refractivity contribution >= 4 is 5.91 Å². The largest absolute Gasteiger partial charge is 0.508 e. The van der Waals surface area contributed by atoms with Crippen molar-refractivity contribution in [2.75, 3.05) is 0 Å². The Balaban J connectivity index is 1.66. The number of phenolic OH excluding ortho intramolecular Hbond substituents is 1. The van der Waals surface area contributed by atoms with Gasteiger partial charge in [-0.15, -0.1) is 0 Å². The first-order valence-electron chi connectivity index (χ1n) is 8.79. The number of benzene rings is 1. The zero-order valence-corrected chi connectivity index (χ0v) is 14.0. The summed E-state index contributed by atoms with van der Waals surface area (Å²) in [4.78, 5) is 14.5. The van der Waals surface area contributed by atoms with Gasteiger partial charge in [-0.25, -0.2) is 0 Å². The van der Waals surface area contributed by atoms with Crippen LogP contribution in [0.5, 0.6) is 5.75 Å². The van der Waals surface area contributed by atoms with Crippen LogP contribution < -0.4 is 0 Å². The first kappa shape index (κ1) is 16.6. The number of amides is 1. The standard InChI is InChI=1S/C20H25NO3/c22-19-10-4-3-8-17(19)14-21(15-18-9-5-13-24-18)20(23)12-11-16-6-1-2-7-16/h3-5,8-10,13,16,22H,1-2,6-7,11-12,14-15H2. The van der Waals surface area contributed by atoms with E-state index in [-0.39, 0.29) is 11.7 Å². The van der Waals surface area contributed by atoms with Crippen LogP contribution in [0.3, 0.4) is 0 Å². The van der Waals surface area contributed by atoms with Gasteiger partial charge in [-0.1, -0.05) is 43.9 Å². The van der Waals surface area contributed by atoms with Crippen molar-refractivity contribution < 1.29 is 14.3 Å². The summed E-state index contributed by atoms with van der Waals surface area (Å²) in [6.07, 6.45) is 8.26. The molecule has 1 heterocycles. The Kier molecular flexibility index (Phi) is 5.57. The molecule has 0 saturated heterocycles. The molecule has 2 aromatic rings. The minimum atomic E-state index is 0.126. The second kappa shape index (κ2) is 8.04. The molecule has 1 saturated carbocycles. The van der Waals surface area contributed by atoms with Gasteiger partial charge in [0.25, 0.3) is 0 Å². The van der Waals surface area contributed by atoms with Crippen LogP contribution in [-0.4, -0.2) is 15.9 Å². The van der Waals surface area contributed by atoms with Crippen molar-refractivity contribution in [3.8, 4) is 5.75 Å². The third-order valence-electron chi connectivity index (χ3n) is 4.87. The molecule has 1 fully saturated rings. The number of nitrogens with zero attached hydrogens (tertiary/aromatic N) is 1. The molecule has 0 atom stereocenters. The lowest BCUT2D eigenvalue weighted by molar-refractivity contribution is -0.133. The highest BCUT2D eigenvalue weighted by atomic mass is 16.3. The second-order valence-corrected chi connectivity index (χ2v) is 6.65. The van der Waals surface area contributed by atoms with E-state index in [1.807, 2.05) is 24.3 Å². The summed E-state index contributed by atoms with van der Waals surface area (Å²) in [5.41, 5.74) is 0.762. The molecule has 1 amide bonds. The van der Waals surface area contributed by atoms with Gasteiger partial charge in [0.2, 0.25) is 5.91 Å². The van der Waals surface area contributed by atoms with E-state index in [1.54, 1.807) is 23.3 Å². The summed E-state index contributed by atoms with van der Waals surface area (Å²) in [7, 11) is 0. The monoisotopic (exact) mass is 327 g/mol. The number of hydrogen-bond donors (Lipinski definition) is 1. The van der Waals surface area contributed by atoms with Gasteiger partial charge in [0.15, 0.2) is 0 Å². The van der Waals surface area contributed by atoms with Gasteiger partial charge in [0, 0.05) is 18.5 Å². The molecule has 4 heteroatoms. The van der Waals surface area contributed by atoms with Crippen LogP contribution in [0.1, 0.15) is 49.8 Å². The van der Waals surface area contributed by atoms with Crippen LogP contribution >= 0.6 is 0 Å². The van der Waals surface area contributed by atoms with Gasteiger partial charge in [-0.3, -0.25) is 4.79 Å². The van der Waals surface area contributed by atoms with Crippen molar-refractivity contribution in [1.29, 1.82) is 0 Å². The number of para-hydroxylation sites is 1. The lowest BCUT2D eigenvalue weighted by Crippen LogP contribution is -2.30. The van der Waals surface area contributed by atoms with Crippen molar-refractivity contribution in [3.63, 3.8) is 0 Å². The number of aromatic hydroxyl groups is 1. The molecular formula is C20H25NO3. The summed E-state index contributed by atoms with van der Waals surface area (Å²) in [5.74, 6) is 1.82. The number of furan rings is 1. The van der Waals surface area contributed by atoms with Gasteiger partial charge < -0.3 is 14.4 Å². The van der Waals surface area contributed by atoms with E-state index in [0.717, 1.165) is 17.7 Å². The summed E-state index contributed by atoms with van der Waals surface area (Å²) < 4.78 is 5.40. The van der Waals surface area contributed by atoms with E-state index in [9.17, 15) is 9.90 Å². The maximum atomic E-state index is 12.7. The molecule has 1 aliphatic rings. The van der Waals surface area contributed by atoms with Gasteiger partial charge in [0.1, 0.15) is 11.5 Å². The van der Waals surface area contributed by atoms with E-state index < -0.39 is 0 Å². The minimum Gasteiger partial charge on any atom is -0.508 e. The molecule has 128 valence electrons. The molecule has 0 aliphatic heterocycles. The average Bonchev–Trinajstić information content (AvgIpc) is 3.27. The topological polar surface area (TPSA) is 53.7 Å². The summed E-state index contributed by atoms with van der Waals surface area (Å²) in [5, 5.41) is 10.0. The SMILES string of the molecule is O=C(CCC1CCCC1)N(Cc1ccco1)Cc1ccccc1O. The normalized spacial score (nSPS) is 14.8. The van der Waals surface area contributed by atoms with Gasteiger partial charge in [-0.05, 0) is 30.5 Å². The van der Waals surface area contributed by atoms with Gasteiger partial charge in [-0.2, -0.15) is 0 Å². The first-order chi connectivity index (χ1) is 11.7. The maximum absolute atomic E-state index is 12.7. The highest BCUT2D eigenvalue weighted by molar-refractivity contribution is 5.76. The molecule has 1 aromatic carbocycles. The smallest absolute Gasteiger partial charge is 0.223 e. The highest BCUT2D eigenvalue weighted by Crippen LogP contribution is 2.29. The molecule has 4 nitrogen and oxygen atoms in total. The Morgan fingerprint density at radius 1 is 1.12 bits per heavy atom. The summed E-state index contributed by atoms with van der Waals surface area (Å²) in [6.45, 7) is 0.835. The third-order valence-corrected chi connectivity index (χ3v) is 4.87. The number of phenols is 1. The number of carbonyl (C=O) groups is 1. The van der Waals surface area contributed by atoms with E-state index in [4.69, 9.17) is 4.42 Å². The van der Waals surface area contributed by atoms with Crippen LogP contribution in [0.4, 0.5) is 0 Å². The van der Waals surface area contributed by atoms with Crippen LogP contribution in [0.2, 0.25) is 0 Å². The van der Waals surface area contributed by atoms with E-state index in [2.05, 4.69) is 0 Å². The predicted octanol–water partition coefficient (Wildman–Crippen LogP) is 4.48. The van der Waals surface area contributed by atoms with Crippen LogP contribution in [-0.2, 0) is 17.9 Å². The summed E-state index contributed by atoms with van der Waals surface area (Å²) in [6, 6.07) is 10.9.